The number of hydrogen-bond acceptors (Lipinski definition) is 2. The number of carbonyl (C=O) groups is 1. The molecule has 0 radical (unpaired) electrons. The van der Waals surface area contributed by atoms with E-state index in [1.54, 1.807) is 6.07 Å². The molecule has 108 valence electrons. The van der Waals surface area contributed by atoms with Gasteiger partial charge in [-0.1, -0.05) is 29.9 Å². The molecule has 0 spiro atoms. The van der Waals surface area contributed by atoms with Crippen molar-refractivity contribution in [3.8, 4) is 0 Å². The standard InChI is InChI=1S/C14H9ClF2N2OS/c15-7-4-5-8(13(18)21)11(6-7)19-14(20)9-2-1-3-10(16)12(9)17/h1-6H,(H2,18,21)(H,19,20). The SMILES string of the molecule is NC(=S)c1ccc(Cl)cc1NC(=O)c1cccc(F)c1F. The summed E-state index contributed by atoms with van der Waals surface area (Å²) in [7, 11) is 0. The van der Waals surface area contributed by atoms with Crippen molar-refractivity contribution in [3.63, 3.8) is 0 Å². The number of benzene rings is 2. The molecule has 0 aromatic heterocycles. The van der Waals surface area contributed by atoms with Crippen LogP contribution >= 0.6 is 23.8 Å². The van der Waals surface area contributed by atoms with Crippen LogP contribution in [0.15, 0.2) is 36.4 Å². The topological polar surface area (TPSA) is 55.1 Å². The second kappa shape index (κ2) is 6.15. The van der Waals surface area contributed by atoms with E-state index in [0.29, 0.717) is 10.6 Å². The largest absolute Gasteiger partial charge is 0.389 e. The van der Waals surface area contributed by atoms with Crippen molar-refractivity contribution >= 4 is 40.4 Å². The predicted molar refractivity (Wildman–Crippen MR) is 81.7 cm³/mol. The summed E-state index contributed by atoms with van der Waals surface area (Å²) in [4.78, 5) is 12.1. The van der Waals surface area contributed by atoms with Crippen LogP contribution in [0.2, 0.25) is 5.02 Å². The van der Waals surface area contributed by atoms with Crippen molar-refractivity contribution in [3.05, 3.63) is 64.2 Å². The van der Waals surface area contributed by atoms with Crippen molar-refractivity contribution in [1.82, 2.24) is 0 Å². The molecule has 2 aromatic carbocycles. The quantitative estimate of drug-likeness (QED) is 0.849. The van der Waals surface area contributed by atoms with Gasteiger partial charge in [0, 0.05) is 10.6 Å². The summed E-state index contributed by atoms with van der Waals surface area (Å²) in [6.07, 6.45) is 0. The van der Waals surface area contributed by atoms with Gasteiger partial charge in [-0.05, 0) is 30.3 Å². The van der Waals surface area contributed by atoms with Gasteiger partial charge in [-0.3, -0.25) is 4.79 Å². The van der Waals surface area contributed by atoms with Crippen LogP contribution in [0.3, 0.4) is 0 Å². The number of rotatable bonds is 3. The first-order valence-electron chi connectivity index (χ1n) is 5.75. The van der Waals surface area contributed by atoms with Crippen LogP contribution in [0.4, 0.5) is 14.5 Å². The molecule has 1 amide bonds. The predicted octanol–water partition coefficient (Wildman–Crippen LogP) is 3.50. The van der Waals surface area contributed by atoms with E-state index in [2.05, 4.69) is 5.32 Å². The van der Waals surface area contributed by atoms with Crippen LogP contribution in [0.5, 0.6) is 0 Å². The number of anilines is 1. The molecule has 0 aliphatic rings. The summed E-state index contributed by atoms with van der Waals surface area (Å²) < 4.78 is 26.7. The molecule has 2 aromatic rings. The van der Waals surface area contributed by atoms with Crippen molar-refractivity contribution in [2.24, 2.45) is 5.73 Å². The lowest BCUT2D eigenvalue weighted by Gasteiger charge is -2.11. The molecule has 0 fully saturated rings. The molecule has 3 nitrogen and oxygen atoms in total. The molecule has 0 saturated heterocycles. The highest BCUT2D eigenvalue weighted by molar-refractivity contribution is 7.80. The Morgan fingerprint density at radius 3 is 2.57 bits per heavy atom. The Balaban J connectivity index is 2.38. The minimum atomic E-state index is -1.23. The second-order valence-corrected chi connectivity index (χ2v) is 4.99. The third-order valence-corrected chi connectivity index (χ3v) is 3.15. The Morgan fingerprint density at radius 1 is 1.19 bits per heavy atom. The van der Waals surface area contributed by atoms with E-state index >= 15 is 0 Å². The zero-order valence-corrected chi connectivity index (χ0v) is 12.1. The van der Waals surface area contributed by atoms with Gasteiger partial charge in [-0.2, -0.15) is 0 Å². The van der Waals surface area contributed by atoms with Crippen molar-refractivity contribution in [2.75, 3.05) is 5.32 Å². The molecule has 0 heterocycles. The third-order valence-electron chi connectivity index (χ3n) is 2.69. The summed E-state index contributed by atoms with van der Waals surface area (Å²) in [5.74, 6) is -3.16. The Bertz CT molecular complexity index is 737. The maximum Gasteiger partial charge on any atom is 0.258 e. The van der Waals surface area contributed by atoms with E-state index in [1.165, 1.54) is 24.3 Å². The fourth-order valence-corrected chi connectivity index (χ4v) is 2.05. The zero-order valence-electron chi connectivity index (χ0n) is 10.5. The maximum atomic E-state index is 13.6. The summed E-state index contributed by atoms with van der Waals surface area (Å²) in [5.41, 5.74) is 5.71. The number of halogens is 3. The first kappa shape index (κ1) is 15.3. The summed E-state index contributed by atoms with van der Waals surface area (Å²) >= 11 is 10.7. The monoisotopic (exact) mass is 326 g/mol. The van der Waals surface area contributed by atoms with Crippen LogP contribution in [0.25, 0.3) is 0 Å². The molecule has 0 atom stereocenters. The van der Waals surface area contributed by atoms with Gasteiger partial charge in [-0.15, -0.1) is 0 Å². The average Bonchev–Trinajstić information content (AvgIpc) is 2.41. The van der Waals surface area contributed by atoms with Gasteiger partial charge < -0.3 is 11.1 Å². The number of carbonyl (C=O) groups excluding carboxylic acids is 1. The van der Waals surface area contributed by atoms with E-state index in [4.69, 9.17) is 29.6 Å². The minimum Gasteiger partial charge on any atom is -0.389 e. The Kier molecular flexibility index (Phi) is 4.50. The lowest BCUT2D eigenvalue weighted by atomic mass is 10.1. The number of amides is 1. The Hall–Kier alpha value is -2.05. The van der Waals surface area contributed by atoms with E-state index < -0.39 is 23.1 Å². The van der Waals surface area contributed by atoms with Crippen LogP contribution < -0.4 is 11.1 Å². The Labute approximate surface area is 129 Å². The number of hydrogen-bond donors (Lipinski definition) is 2. The molecular formula is C14H9ClF2N2OS. The highest BCUT2D eigenvalue weighted by Gasteiger charge is 2.17. The molecular weight excluding hydrogens is 318 g/mol. The summed E-state index contributed by atoms with van der Waals surface area (Å²) in [5, 5.41) is 2.76. The van der Waals surface area contributed by atoms with Crippen LogP contribution in [0, 0.1) is 11.6 Å². The molecule has 0 aliphatic carbocycles. The fraction of sp³-hybridized carbons (Fsp3) is 0. The van der Waals surface area contributed by atoms with Crippen molar-refractivity contribution < 1.29 is 13.6 Å². The van der Waals surface area contributed by atoms with E-state index in [0.717, 1.165) is 6.07 Å². The minimum absolute atomic E-state index is 0.0432. The molecule has 0 bridgehead atoms. The first-order chi connectivity index (χ1) is 9.90. The van der Waals surface area contributed by atoms with E-state index in [9.17, 15) is 13.6 Å². The van der Waals surface area contributed by atoms with Gasteiger partial charge in [0.1, 0.15) is 4.99 Å². The zero-order chi connectivity index (χ0) is 15.6. The van der Waals surface area contributed by atoms with Crippen LogP contribution in [0.1, 0.15) is 15.9 Å². The normalized spacial score (nSPS) is 10.2. The summed E-state index contributed by atoms with van der Waals surface area (Å²) in [6.45, 7) is 0. The number of nitrogens with one attached hydrogen (secondary N) is 1. The lowest BCUT2D eigenvalue weighted by Crippen LogP contribution is -2.19. The molecule has 3 N–H and O–H groups in total. The van der Waals surface area contributed by atoms with Gasteiger partial charge in [0.15, 0.2) is 11.6 Å². The maximum absolute atomic E-state index is 13.6. The smallest absolute Gasteiger partial charge is 0.258 e. The van der Waals surface area contributed by atoms with E-state index in [-0.39, 0.29) is 10.7 Å². The molecule has 0 unspecified atom stereocenters. The number of nitrogens with two attached hydrogens (primary N) is 1. The highest BCUT2D eigenvalue weighted by Crippen LogP contribution is 2.22. The highest BCUT2D eigenvalue weighted by atomic mass is 35.5. The van der Waals surface area contributed by atoms with Crippen LogP contribution in [-0.4, -0.2) is 10.9 Å². The van der Waals surface area contributed by atoms with Gasteiger partial charge in [-0.25, -0.2) is 8.78 Å². The van der Waals surface area contributed by atoms with Gasteiger partial charge in [0.05, 0.1) is 11.3 Å². The second-order valence-electron chi connectivity index (χ2n) is 4.11. The average molecular weight is 327 g/mol. The lowest BCUT2D eigenvalue weighted by molar-refractivity contribution is 0.102. The molecule has 0 saturated carbocycles. The Morgan fingerprint density at radius 2 is 1.90 bits per heavy atom. The molecule has 7 heteroatoms. The molecule has 0 aliphatic heterocycles. The van der Waals surface area contributed by atoms with Crippen molar-refractivity contribution in [1.29, 1.82) is 0 Å². The third kappa shape index (κ3) is 3.34. The van der Waals surface area contributed by atoms with E-state index in [1.807, 2.05) is 0 Å². The number of thiocarbonyl (C=S) groups is 1. The van der Waals surface area contributed by atoms with Gasteiger partial charge >= 0.3 is 0 Å². The van der Waals surface area contributed by atoms with Crippen LogP contribution in [-0.2, 0) is 0 Å². The molecule has 2 rings (SSSR count). The first-order valence-corrected chi connectivity index (χ1v) is 6.53. The summed E-state index contributed by atoms with van der Waals surface area (Å²) in [6, 6.07) is 7.83. The fourth-order valence-electron chi connectivity index (χ4n) is 1.70. The van der Waals surface area contributed by atoms with Crippen molar-refractivity contribution in [2.45, 2.75) is 0 Å². The molecule has 21 heavy (non-hydrogen) atoms. The van der Waals surface area contributed by atoms with Gasteiger partial charge in [0.2, 0.25) is 0 Å². The van der Waals surface area contributed by atoms with Gasteiger partial charge in [0.25, 0.3) is 5.91 Å².